The van der Waals surface area contributed by atoms with E-state index in [-0.39, 0.29) is 6.61 Å². The van der Waals surface area contributed by atoms with E-state index in [1.807, 2.05) is 17.8 Å². The standard InChI is InChI=1S/C8H18O4S.C6H11N2/c1-2-3-4-5-6-7-8-12-13(9,10)11;1-3-8-5-4-7(2)6-8/h2-8H2,1H3,(H,9,10,11);4-6H,3H2,1-2H3/q;+1/p-1. The van der Waals surface area contributed by atoms with E-state index in [1.165, 1.54) is 19.3 Å². The Kier molecular flexibility index (Phi) is 11.2. The van der Waals surface area contributed by atoms with Crippen LogP contribution in [0.2, 0.25) is 0 Å². The molecule has 0 radical (unpaired) electrons. The molecule has 0 N–H and O–H groups in total. The summed E-state index contributed by atoms with van der Waals surface area (Å²) in [5.74, 6) is 0. The van der Waals surface area contributed by atoms with Crippen LogP contribution in [0.5, 0.6) is 0 Å². The van der Waals surface area contributed by atoms with E-state index >= 15 is 0 Å². The second-order valence-electron chi connectivity index (χ2n) is 4.91. The minimum atomic E-state index is -4.47. The largest absolute Gasteiger partial charge is 0.726 e. The zero-order valence-electron chi connectivity index (χ0n) is 13.3. The summed E-state index contributed by atoms with van der Waals surface area (Å²) in [4.78, 5) is 0. The Balaban J connectivity index is 0.000000423. The van der Waals surface area contributed by atoms with Crippen molar-refractivity contribution >= 4 is 10.4 Å². The lowest BCUT2D eigenvalue weighted by Crippen LogP contribution is -2.23. The lowest BCUT2D eigenvalue weighted by molar-refractivity contribution is -0.671. The van der Waals surface area contributed by atoms with Gasteiger partial charge in [0.05, 0.1) is 20.2 Å². The molecule has 1 aromatic heterocycles. The predicted molar refractivity (Wildman–Crippen MR) is 80.3 cm³/mol. The van der Waals surface area contributed by atoms with E-state index in [1.54, 1.807) is 0 Å². The number of aromatic nitrogens is 2. The highest BCUT2D eigenvalue weighted by atomic mass is 32.3. The lowest BCUT2D eigenvalue weighted by Gasteiger charge is -2.06. The summed E-state index contributed by atoms with van der Waals surface area (Å²) in [6.45, 7) is 5.34. The molecule has 0 amide bonds. The van der Waals surface area contributed by atoms with Gasteiger partial charge in [-0.05, 0) is 13.3 Å². The fourth-order valence-corrected chi connectivity index (χ4v) is 2.05. The summed E-state index contributed by atoms with van der Waals surface area (Å²) in [5.41, 5.74) is 0. The van der Waals surface area contributed by atoms with Gasteiger partial charge < -0.3 is 4.55 Å². The molecule has 21 heavy (non-hydrogen) atoms. The minimum absolute atomic E-state index is 0.0258. The quantitative estimate of drug-likeness (QED) is 0.302. The average Bonchev–Trinajstić information content (AvgIpc) is 2.83. The first-order valence-electron chi connectivity index (χ1n) is 7.50. The molecule has 7 heteroatoms. The Morgan fingerprint density at radius 3 is 2.19 bits per heavy atom. The summed E-state index contributed by atoms with van der Waals surface area (Å²) >= 11 is 0. The van der Waals surface area contributed by atoms with Crippen molar-refractivity contribution in [3.05, 3.63) is 18.7 Å². The number of rotatable bonds is 9. The third-order valence-electron chi connectivity index (χ3n) is 2.91. The zero-order valence-corrected chi connectivity index (χ0v) is 14.1. The lowest BCUT2D eigenvalue weighted by atomic mass is 10.1. The molecule has 1 aromatic rings. The van der Waals surface area contributed by atoms with Gasteiger partial charge in [-0.15, -0.1) is 0 Å². The maximum atomic E-state index is 9.99. The summed E-state index contributed by atoms with van der Waals surface area (Å²) < 4.78 is 38.2. The molecule has 124 valence electrons. The highest BCUT2D eigenvalue weighted by Gasteiger charge is 1.94. The fourth-order valence-electron chi connectivity index (χ4n) is 1.73. The minimum Gasteiger partial charge on any atom is -0.726 e. The van der Waals surface area contributed by atoms with Crippen LogP contribution in [0.25, 0.3) is 0 Å². The van der Waals surface area contributed by atoms with E-state index < -0.39 is 10.4 Å². The first kappa shape index (κ1) is 20.1. The van der Waals surface area contributed by atoms with Crippen LogP contribution in [0.15, 0.2) is 18.7 Å². The molecule has 0 spiro atoms. The zero-order chi connectivity index (χ0) is 16.1. The van der Waals surface area contributed by atoms with Crippen molar-refractivity contribution in [1.82, 2.24) is 4.57 Å². The predicted octanol–water partition coefficient (Wildman–Crippen LogP) is 2.16. The van der Waals surface area contributed by atoms with Crippen molar-refractivity contribution in [2.45, 2.75) is 58.9 Å². The van der Waals surface area contributed by atoms with Gasteiger partial charge in [-0.25, -0.2) is 17.6 Å². The molecule has 0 aliphatic rings. The third kappa shape index (κ3) is 13.8. The van der Waals surface area contributed by atoms with Gasteiger partial charge in [-0.3, -0.25) is 4.18 Å². The number of imidazole rings is 1. The Hall–Kier alpha value is -0.920. The van der Waals surface area contributed by atoms with Gasteiger partial charge in [0.1, 0.15) is 12.4 Å². The maximum Gasteiger partial charge on any atom is 0.243 e. The Labute approximate surface area is 128 Å². The monoisotopic (exact) mass is 320 g/mol. The Bertz CT molecular complexity index is 457. The number of unbranched alkanes of at least 4 members (excludes halogenated alkanes) is 5. The van der Waals surface area contributed by atoms with Gasteiger partial charge in [0.15, 0.2) is 0 Å². The van der Waals surface area contributed by atoms with Gasteiger partial charge in [0.25, 0.3) is 0 Å². The van der Waals surface area contributed by atoms with Gasteiger partial charge in [-0.2, -0.15) is 0 Å². The van der Waals surface area contributed by atoms with Gasteiger partial charge in [0.2, 0.25) is 16.7 Å². The molecular formula is C14H28N2O4S. The Morgan fingerprint density at radius 2 is 1.76 bits per heavy atom. The molecule has 0 aliphatic heterocycles. The summed E-state index contributed by atoms with van der Waals surface area (Å²) in [6.07, 6.45) is 12.4. The molecule has 0 bridgehead atoms. The smallest absolute Gasteiger partial charge is 0.243 e. The molecule has 6 nitrogen and oxygen atoms in total. The van der Waals surface area contributed by atoms with Crippen LogP contribution >= 0.6 is 0 Å². The van der Waals surface area contributed by atoms with Crippen molar-refractivity contribution in [2.75, 3.05) is 6.61 Å². The first-order valence-corrected chi connectivity index (χ1v) is 8.83. The third-order valence-corrected chi connectivity index (χ3v) is 3.37. The molecule has 0 aliphatic carbocycles. The topological polar surface area (TPSA) is 75.2 Å². The fraction of sp³-hybridized carbons (Fsp3) is 0.786. The van der Waals surface area contributed by atoms with Crippen LogP contribution in [0.1, 0.15) is 52.4 Å². The van der Waals surface area contributed by atoms with E-state index in [9.17, 15) is 13.0 Å². The molecule has 0 aromatic carbocycles. The van der Waals surface area contributed by atoms with E-state index in [0.29, 0.717) is 6.42 Å². The maximum absolute atomic E-state index is 9.99. The SMILES string of the molecule is CCCCCCCCOS(=O)(=O)[O-].CCn1cc[n+](C)c1. The number of hydrogen-bond donors (Lipinski definition) is 0. The van der Waals surface area contributed by atoms with Crippen LogP contribution in [-0.4, -0.2) is 24.1 Å². The van der Waals surface area contributed by atoms with Crippen LogP contribution in [0, 0.1) is 0 Å². The molecular weight excluding hydrogens is 292 g/mol. The van der Waals surface area contributed by atoms with Crippen molar-refractivity contribution < 1.29 is 21.7 Å². The van der Waals surface area contributed by atoms with Crippen molar-refractivity contribution in [1.29, 1.82) is 0 Å². The molecule has 0 saturated heterocycles. The van der Waals surface area contributed by atoms with Gasteiger partial charge in [0, 0.05) is 0 Å². The van der Waals surface area contributed by atoms with Crippen molar-refractivity contribution in [3.63, 3.8) is 0 Å². The molecule has 0 unspecified atom stereocenters. The first-order chi connectivity index (χ1) is 9.89. The van der Waals surface area contributed by atoms with Crippen LogP contribution in [0.4, 0.5) is 0 Å². The second-order valence-corrected chi connectivity index (χ2v) is 5.96. The second kappa shape index (κ2) is 11.7. The number of nitrogens with zero attached hydrogens (tertiary/aromatic N) is 2. The van der Waals surface area contributed by atoms with Crippen molar-refractivity contribution in [3.8, 4) is 0 Å². The molecule has 1 rings (SSSR count). The summed E-state index contributed by atoms with van der Waals surface area (Å²) in [5, 5.41) is 0. The summed E-state index contributed by atoms with van der Waals surface area (Å²) in [6, 6.07) is 0. The van der Waals surface area contributed by atoms with Crippen LogP contribution < -0.4 is 4.57 Å². The van der Waals surface area contributed by atoms with Crippen LogP contribution in [-0.2, 0) is 28.2 Å². The molecule has 0 atom stereocenters. The highest BCUT2D eigenvalue weighted by Crippen LogP contribution is 2.05. The van der Waals surface area contributed by atoms with E-state index in [2.05, 4.69) is 35.1 Å². The number of aryl methyl sites for hydroxylation is 2. The van der Waals surface area contributed by atoms with Gasteiger partial charge >= 0.3 is 0 Å². The average molecular weight is 320 g/mol. The molecule has 1 heterocycles. The number of hydrogen-bond acceptors (Lipinski definition) is 4. The van der Waals surface area contributed by atoms with E-state index in [4.69, 9.17) is 0 Å². The normalized spacial score (nSPS) is 11.0. The Morgan fingerprint density at radius 1 is 1.14 bits per heavy atom. The van der Waals surface area contributed by atoms with E-state index in [0.717, 1.165) is 19.4 Å². The molecule has 0 saturated carbocycles. The van der Waals surface area contributed by atoms with Crippen LogP contribution in [0.3, 0.4) is 0 Å². The van der Waals surface area contributed by atoms with Crippen molar-refractivity contribution in [2.24, 2.45) is 7.05 Å². The molecule has 0 fully saturated rings. The van der Waals surface area contributed by atoms with Gasteiger partial charge in [-0.1, -0.05) is 39.0 Å². The highest BCUT2D eigenvalue weighted by molar-refractivity contribution is 7.80. The summed E-state index contributed by atoms with van der Waals surface area (Å²) in [7, 11) is -2.45.